The van der Waals surface area contributed by atoms with Crippen molar-refractivity contribution in [2.24, 2.45) is 0 Å². The molecule has 0 atom stereocenters. The molecule has 0 saturated heterocycles. The van der Waals surface area contributed by atoms with E-state index in [1.165, 1.54) is 96.3 Å². The molecule has 0 heterocycles. The highest BCUT2D eigenvalue weighted by atomic mass is 16.5. The molecule has 0 aliphatic heterocycles. The van der Waals surface area contributed by atoms with Crippen LogP contribution >= 0.6 is 0 Å². The maximum atomic E-state index is 5.51. The van der Waals surface area contributed by atoms with Crippen molar-refractivity contribution < 1.29 is 4.74 Å². The smallest absolute Gasteiger partial charge is 0.0466 e. The van der Waals surface area contributed by atoms with Crippen LogP contribution in [0.5, 0.6) is 0 Å². The van der Waals surface area contributed by atoms with Gasteiger partial charge in [-0.05, 0) is 38.5 Å². The number of unbranched alkanes of at least 4 members (excludes halogenated alkanes) is 11. The van der Waals surface area contributed by atoms with Gasteiger partial charge in [0, 0.05) is 13.2 Å². The molecule has 1 aliphatic rings. The van der Waals surface area contributed by atoms with Crippen LogP contribution in [-0.2, 0) is 4.74 Å². The van der Waals surface area contributed by atoms with Gasteiger partial charge in [0.2, 0.25) is 0 Å². The highest BCUT2D eigenvalue weighted by molar-refractivity contribution is 5.21. The van der Waals surface area contributed by atoms with Gasteiger partial charge in [0.25, 0.3) is 0 Å². The van der Waals surface area contributed by atoms with E-state index in [9.17, 15) is 0 Å². The zero-order chi connectivity index (χ0) is 17.1. The topological polar surface area (TPSA) is 9.23 Å². The SMILES string of the molecule is CCCOCCCCCCCCCCCCCCC1=CCCC=C1. The summed E-state index contributed by atoms with van der Waals surface area (Å²) in [6.07, 6.45) is 29.0. The molecule has 0 aromatic carbocycles. The fraction of sp³-hybridized carbons (Fsp3) is 0.826. The van der Waals surface area contributed by atoms with Crippen LogP contribution in [0.2, 0.25) is 0 Å². The Morgan fingerprint density at radius 1 is 0.708 bits per heavy atom. The lowest BCUT2D eigenvalue weighted by molar-refractivity contribution is 0.130. The molecular formula is C23H42O. The van der Waals surface area contributed by atoms with Crippen LogP contribution in [0.1, 0.15) is 110 Å². The summed E-state index contributed by atoms with van der Waals surface area (Å²) >= 11 is 0. The molecule has 0 amide bonds. The molecule has 0 unspecified atom stereocenters. The van der Waals surface area contributed by atoms with E-state index < -0.39 is 0 Å². The molecule has 0 radical (unpaired) electrons. The Balaban J connectivity index is 1.69. The second kappa shape index (κ2) is 17.3. The van der Waals surface area contributed by atoms with Gasteiger partial charge in [-0.3, -0.25) is 0 Å². The van der Waals surface area contributed by atoms with E-state index in [0.717, 1.165) is 19.6 Å². The average molecular weight is 335 g/mol. The molecule has 1 rings (SSSR count). The monoisotopic (exact) mass is 334 g/mol. The Morgan fingerprint density at radius 3 is 1.83 bits per heavy atom. The largest absolute Gasteiger partial charge is 0.381 e. The fourth-order valence-corrected chi connectivity index (χ4v) is 3.40. The Labute approximate surface area is 151 Å². The van der Waals surface area contributed by atoms with Crippen molar-refractivity contribution in [3.63, 3.8) is 0 Å². The van der Waals surface area contributed by atoms with Crippen molar-refractivity contribution in [1.29, 1.82) is 0 Å². The molecule has 1 heteroatoms. The predicted octanol–water partition coefficient (Wildman–Crippen LogP) is 7.76. The van der Waals surface area contributed by atoms with Crippen molar-refractivity contribution in [3.05, 3.63) is 23.8 Å². The number of rotatable bonds is 17. The molecule has 0 spiro atoms. The van der Waals surface area contributed by atoms with Crippen molar-refractivity contribution >= 4 is 0 Å². The lowest BCUT2D eigenvalue weighted by Crippen LogP contribution is -1.95. The van der Waals surface area contributed by atoms with Gasteiger partial charge in [-0.15, -0.1) is 0 Å². The standard InChI is InChI=1S/C23H42O/c1-2-21-24-22-17-12-10-8-6-4-3-5-7-9-11-14-18-23-19-15-13-16-20-23/h15,19-20H,2-14,16-18,21-22H2,1H3. The third kappa shape index (κ3) is 13.8. The molecule has 0 aromatic heterocycles. The van der Waals surface area contributed by atoms with E-state index in [-0.39, 0.29) is 0 Å². The number of hydrogen-bond donors (Lipinski definition) is 0. The maximum absolute atomic E-state index is 5.51. The number of allylic oxidation sites excluding steroid dienone is 4. The van der Waals surface area contributed by atoms with Crippen LogP contribution < -0.4 is 0 Å². The molecule has 0 aromatic rings. The van der Waals surface area contributed by atoms with Gasteiger partial charge < -0.3 is 4.74 Å². The van der Waals surface area contributed by atoms with Crippen LogP contribution in [0, 0.1) is 0 Å². The molecule has 0 fully saturated rings. The number of ether oxygens (including phenoxy) is 1. The van der Waals surface area contributed by atoms with E-state index in [2.05, 4.69) is 25.2 Å². The summed E-state index contributed by atoms with van der Waals surface area (Å²) < 4.78 is 5.51. The molecule has 0 bridgehead atoms. The van der Waals surface area contributed by atoms with Gasteiger partial charge in [0.1, 0.15) is 0 Å². The van der Waals surface area contributed by atoms with Gasteiger partial charge in [0.15, 0.2) is 0 Å². The van der Waals surface area contributed by atoms with Crippen molar-refractivity contribution in [1.82, 2.24) is 0 Å². The van der Waals surface area contributed by atoms with Gasteiger partial charge in [-0.1, -0.05) is 94.9 Å². The van der Waals surface area contributed by atoms with Crippen LogP contribution in [0.25, 0.3) is 0 Å². The Morgan fingerprint density at radius 2 is 1.29 bits per heavy atom. The Kier molecular flexibility index (Phi) is 15.5. The summed E-state index contributed by atoms with van der Waals surface area (Å²) in [5, 5.41) is 0. The van der Waals surface area contributed by atoms with Crippen LogP contribution in [-0.4, -0.2) is 13.2 Å². The minimum absolute atomic E-state index is 0.939. The normalized spacial score (nSPS) is 14.1. The summed E-state index contributed by atoms with van der Waals surface area (Å²) in [5.74, 6) is 0. The Bertz CT molecular complexity index is 316. The molecule has 0 N–H and O–H groups in total. The van der Waals surface area contributed by atoms with E-state index in [1.54, 1.807) is 5.57 Å². The maximum Gasteiger partial charge on any atom is 0.0466 e. The summed E-state index contributed by atoms with van der Waals surface area (Å²) in [6.45, 7) is 4.09. The third-order valence-electron chi connectivity index (χ3n) is 4.92. The molecular weight excluding hydrogens is 292 g/mol. The first-order valence-electron chi connectivity index (χ1n) is 10.9. The summed E-state index contributed by atoms with van der Waals surface area (Å²) in [5.41, 5.74) is 1.58. The van der Waals surface area contributed by atoms with Crippen molar-refractivity contribution in [2.45, 2.75) is 110 Å². The zero-order valence-corrected chi connectivity index (χ0v) is 16.4. The summed E-state index contributed by atoms with van der Waals surface area (Å²) in [4.78, 5) is 0. The van der Waals surface area contributed by atoms with Gasteiger partial charge >= 0.3 is 0 Å². The number of hydrogen-bond acceptors (Lipinski definition) is 1. The van der Waals surface area contributed by atoms with Gasteiger partial charge in [-0.2, -0.15) is 0 Å². The molecule has 24 heavy (non-hydrogen) atoms. The lowest BCUT2D eigenvalue weighted by Gasteiger charge is -2.06. The fourth-order valence-electron chi connectivity index (χ4n) is 3.40. The van der Waals surface area contributed by atoms with Crippen molar-refractivity contribution in [2.75, 3.05) is 13.2 Å². The Hall–Kier alpha value is -0.560. The first-order chi connectivity index (χ1) is 11.9. The zero-order valence-electron chi connectivity index (χ0n) is 16.4. The molecule has 140 valence electrons. The lowest BCUT2D eigenvalue weighted by atomic mass is 10.00. The van der Waals surface area contributed by atoms with E-state index in [1.807, 2.05) is 0 Å². The van der Waals surface area contributed by atoms with Crippen LogP contribution in [0.4, 0.5) is 0 Å². The predicted molar refractivity (Wildman–Crippen MR) is 108 cm³/mol. The minimum Gasteiger partial charge on any atom is -0.381 e. The van der Waals surface area contributed by atoms with E-state index in [0.29, 0.717) is 0 Å². The van der Waals surface area contributed by atoms with Crippen LogP contribution in [0.15, 0.2) is 23.8 Å². The molecule has 1 nitrogen and oxygen atoms in total. The molecule has 1 aliphatic carbocycles. The molecule has 0 saturated carbocycles. The first-order valence-corrected chi connectivity index (χ1v) is 10.9. The van der Waals surface area contributed by atoms with Crippen molar-refractivity contribution in [3.8, 4) is 0 Å². The minimum atomic E-state index is 0.939. The average Bonchev–Trinajstić information content (AvgIpc) is 2.62. The second-order valence-electron chi connectivity index (χ2n) is 7.36. The third-order valence-corrected chi connectivity index (χ3v) is 4.92. The summed E-state index contributed by atoms with van der Waals surface area (Å²) in [6, 6.07) is 0. The second-order valence-corrected chi connectivity index (χ2v) is 7.36. The highest BCUT2D eigenvalue weighted by Gasteiger charge is 1.98. The van der Waals surface area contributed by atoms with E-state index in [4.69, 9.17) is 4.74 Å². The van der Waals surface area contributed by atoms with Gasteiger partial charge in [-0.25, -0.2) is 0 Å². The van der Waals surface area contributed by atoms with Gasteiger partial charge in [0.05, 0.1) is 0 Å². The highest BCUT2D eigenvalue weighted by Crippen LogP contribution is 2.18. The van der Waals surface area contributed by atoms with E-state index >= 15 is 0 Å². The first kappa shape index (κ1) is 21.5. The van der Waals surface area contributed by atoms with Crippen LogP contribution in [0.3, 0.4) is 0 Å². The quantitative estimate of drug-likeness (QED) is 0.247. The summed E-state index contributed by atoms with van der Waals surface area (Å²) in [7, 11) is 0.